The molecule has 2 aromatic rings. The van der Waals surface area contributed by atoms with E-state index in [9.17, 15) is 14.4 Å². The van der Waals surface area contributed by atoms with Gasteiger partial charge in [0.15, 0.2) is 0 Å². The Bertz CT molecular complexity index is 784. The lowest BCUT2D eigenvalue weighted by Crippen LogP contribution is -2.28. The van der Waals surface area contributed by atoms with Gasteiger partial charge in [-0.2, -0.15) is 0 Å². The van der Waals surface area contributed by atoms with Crippen molar-refractivity contribution in [1.82, 2.24) is 15.1 Å². The summed E-state index contributed by atoms with van der Waals surface area (Å²) in [5, 5.41) is 12.1. The smallest absolute Gasteiger partial charge is 0.257 e. The van der Waals surface area contributed by atoms with Crippen LogP contribution in [0.4, 0.5) is 5.13 Å². The van der Waals surface area contributed by atoms with Gasteiger partial charge in [-0.1, -0.05) is 30.4 Å². The van der Waals surface area contributed by atoms with E-state index < -0.39 is 0 Å². The minimum Gasteiger partial charge on any atom is -0.296 e. The van der Waals surface area contributed by atoms with Crippen molar-refractivity contribution in [2.75, 3.05) is 5.32 Å². The van der Waals surface area contributed by atoms with Crippen molar-refractivity contribution in [3.8, 4) is 0 Å². The molecular weight excluding hydrogens is 340 g/mol. The monoisotopic (exact) mass is 358 g/mol. The third-order valence-corrected chi connectivity index (χ3v) is 4.76. The van der Waals surface area contributed by atoms with E-state index in [1.807, 2.05) is 0 Å². The van der Waals surface area contributed by atoms with E-state index >= 15 is 0 Å². The number of hydrogen-bond acceptors (Lipinski definition) is 6. The molecule has 1 aliphatic heterocycles. The summed E-state index contributed by atoms with van der Waals surface area (Å²) in [6.07, 6.45) is 2.38. The van der Waals surface area contributed by atoms with Crippen molar-refractivity contribution in [3.63, 3.8) is 0 Å². The van der Waals surface area contributed by atoms with Crippen LogP contribution in [0.3, 0.4) is 0 Å². The number of amides is 3. The van der Waals surface area contributed by atoms with E-state index in [0.29, 0.717) is 10.7 Å². The Labute approximate surface area is 149 Å². The molecular formula is C17H18N4O3S. The lowest BCUT2D eigenvalue weighted by Gasteiger charge is -2.13. The predicted molar refractivity (Wildman–Crippen MR) is 93.1 cm³/mol. The number of carbonyl (C=O) groups is 3. The Morgan fingerprint density at radius 2 is 1.84 bits per heavy atom. The molecule has 0 spiro atoms. The summed E-state index contributed by atoms with van der Waals surface area (Å²) >= 11 is 1.37. The second-order valence-electron chi connectivity index (χ2n) is 5.78. The van der Waals surface area contributed by atoms with Gasteiger partial charge in [0, 0.05) is 24.8 Å². The first-order valence-electron chi connectivity index (χ1n) is 8.12. The Balaban J connectivity index is 1.62. The van der Waals surface area contributed by atoms with Gasteiger partial charge in [0.2, 0.25) is 16.9 Å². The largest absolute Gasteiger partial charge is 0.296 e. The summed E-state index contributed by atoms with van der Waals surface area (Å²) in [7, 11) is 0. The molecule has 2 heterocycles. The number of aryl methyl sites for hydroxylation is 1. The molecule has 0 bridgehead atoms. The van der Waals surface area contributed by atoms with E-state index in [-0.39, 0.29) is 37.1 Å². The van der Waals surface area contributed by atoms with Gasteiger partial charge < -0.3 is 0 Å². The molecule has 1 aromatic heterocycles. The van der Waals surface area contributed by atoms with Gasteiger partial charge >= 0.3 is 0 Å². The second kappa shape index (κ2) is 7.52. The zero-order valence-electron chi connectivity index (χ0n) is 13.8. The molecule has 8 heteroatoms. The normalized spacial score (nSPS) is 14.2. The average Bonchev–Trinajstić information content (AvgIpc) is 3.17. The SMILES string of the molecule is CCCc1nnc(NC(=O)c2ccc(CN3C(=O)CCC3=O)cc2)s1. The van der Waals surface area contributed by atoms with Crippen LogP contribution in [-0.4, -0.2) is 32.8 Å². The first-order valence-corrected chi connectivity index (χ1v) is 8.94. The topological polar surface area (TPSA) is 92.3 Å². The van der Waals surface area contributed by atoms with Crippen LogP contribution in [0, 0.1) is 0 Å². The minimum absolute atomic E-state index is 0.147. The Hall–Kier alpha value is -2.61. The van der Waals surface area contributed by atoms with Crippen LogP contribution in [0.2, 0.25) is 0 Å². The fraction of sp³-hybridized carbons (Fsp3) is 0.353. The second-order valence-corrected chi connectivity index (χ2v) is 6.84. The third kappa shape index (κ3) is 4.08. The molecule has 1 N–H and O–H groups in total. The summed E-state index contributed by atoms with van der Waals surface area (Å²) in [6.45, 7) is 2.31. The zero-order valence-corrected chi connectivity index (χ0v) is 14.6. The molecule has 1 aliphatic rings. The maximum absolute atomic E-state index is 12.3. The molecule has 0 atom stereocenters. The van der Waals surface area contributed by atoms with Crippen molar-refractivity contribution >= 4 is 34.2 Å². The number of nitrogens with zero attached hydrogens (tertiary/aromatic N) is 3. The maximum atomic E-state index is 12.3. The molecule has 1 fully saturated rings. The number of nitrogens with one attached hydrogen (secondary N) is 1. The molecule has 0 radical (unpaired) electrons. The number of aromatic nitrogens is 2. The van der Waals surface area contributed by atoms with E-state index in [1.165, 1.54) is 16.2 Å². The average molecular weight is 358 g/mol. The summed E-state index contributed by atoms with van der Waals surface area (Å²) in [5.41, 5.74) is 1.29. The lowest BCUT2D eigenvalue weighted by atomic mass is 10.1. The van der Waals surface area contributed by atoms with E-state index in [2.05, 4.69) is 22.4 Å². The molecule has 1 aromatic carbocycles. The fourth-order valence-electron chi connectivity index (χ4n) is 2.53. The van der Waals surface area contributed by atoms with Crippen molar-refractivity contribution in [2.24, 2.45) is 0 Å². The number of likely N-dealkylation sites (tertiary alicyclic amines) is 1. The molecule has 3 rings (SSSR count). The first kappa shape index (κ1) is 17.2. The first-order chi connectivity index (χ1) is 12.1. The van der Waals surface area contributed by atoms with E-state index in [1.54, 1.807) is 24.3 Å². The quantitative estimate of drug-likeness (QED) is 0.801. The number of rotatable bonds is 6. The van der Waals surface area contributed by atoms with Crippen LogP contribution in [0.5, 0.6) is 0 Å². The van der Waals surface area contributed by atoms with E-state index in [4.69, 9.17) is 0 Å². The van der Waals surface area contributed by atoms with Gasteiger partial charge in [0.25, 0.3) is 5.91 Å². The number of hydrogen-bond donors (Lipinski definition) is 1. The molecule has 1 saturated heterocycles. The highest BCUT2D eigenvalue weighted by atomic mass is 32.1. The van der Waals surface area contributed by atoms with Crippen molar-refractivity contribution < 1.29 is 14.4 Å². The van der Waals surface area contributed by atoms with Crippen LogP contribution in [-0.2, 0) is 22.6 Å². The van der Waals surface area contributed by atoms with Crippen LogP contribution < -0.4 is 5.32 Å². The van der Waals surface area contributed by atoms with Crippen molar-refractivity contribution in [3.05, 3.63) is 40.4 Å². The highest BCUT2D eigenvalue weighted by molar-refractivity contribution is 7.15. The highest BCUT2D eigenvalue weighted by Gasteiger charge is 2.28. The van der Waals surface area contributed by atoms with Crippen molar-refractivity contribution in [1.29, 1.82) is 0 Å². The molecule has 7 nitrogen and oxygen atoms in total. The molecule has 130 valence electrons. The lowest BCUT2D eigenvalue weighted by molar-refractivity contribution is -0.139. The molecule has 3 amide bonds. The van der Waals surface area contributed by atoms with Crippen LogP contribution in [0.25, 0.3) is 0 Å². The Morgan fingerprint density at radius 1 is 1.16 bits per heavy atom. The van der Waals surface area contributed by atoms with Crippen molar-refractivity contribution in [2.45, 2.75) is 39.2 Å². The maximum Gasteiger partial charge on any atom is 0.257 e. The summed E-state index contributed by atoms with van der Waals surface area (Å²) < 4.78 is 0. The van der Waals surface area contributed by atoms with Gasteiger partial charge in [-0.3, -0.25) is 24.6 Å². The van der Waals surface area contributed by atoms with E-state index in [0.717, 1.165) is 23.4 Å². The number of anilines is 1. The Kier molecular flexibility index (Phi) is 5.18. The summed E-state index contributed by atoms with van der Waals surface area (Å²) in [5.74, 6) is -0.559. The van der Waals surface area contributed by atoms with Gasteiger partial charge in [0.1, 0.15) is 5.01 Å². The number of carbonyl (C=O) groups excluding carboxylic acids is 3. The predicted octanol–water partition coefficient (Wildman–Crippen LogP) is 2.39. The Morgan fingerprint density at radius 3 is 2.48 bits per heavy atom. The summed E-state index contributed by atoms with van der Waals surface area (Å²) in [6, 6.07) is 6.83. The fourth-order valence-corrected chi connectivity index (χ4v) is 3.37. The molecule has 25 heavy (non-hydrogen) atoms. The third-order valence-electron chi connectivity index (χ3n) is 3.86. The zero-order chi connectivity index (χ0) is 17.8. The van der Waals surface area contributed by atoms with Gasteiger partial charge in [0.05, 0.1) is 6.54 Å². The van der Waals surface area contributed by atoms with Gasteiger partial charge in [-0.05, 0) is 24.1 Å². The van der Waals surface area contributed by atoms with Gasteiger partial charge in [-0.15, -0.1) is 10.2 Å². The number of benzene rings is 1. The minimum atomic E-state index is -0.265. The molecule has 0 unspecified atom stereocenters. The standard InChI is InChI=1S/C17H18N4O3S/c1-2-3-13-19-20-17(25-13)18-16(24)12-6-4-11(5-7-12)10-21-14(22)8-9-15(21)23/h4-7H,2-3,8-10H2,1H3,(H,18,20,24). The molecule has 0 saturated carbocycles. The highest BCUT2D eigenvalue weighted by Crippen LogP contribution is 2.19. The summed E-state index contributed by atoms with van der Waals surface area (Å²) in [4.78, 5) is 36.8. The van der Waals surface area contributed by atoms with Crippen LogP contribution >= 0.6 is 11.3 Å². The van der Waals surface area contributed by atoms with Crippen LogP contribution in [0.15, 0.2) is 24.3 Å². The number of imide groups is 1. The van der Waals surface area contributed by atoms with Crippen LogP contribution in [0.1, 0.15) is 47.1 Å². The molecule has 0 aliphatic carbocycles. The van der Waals surface area contributed by atoms with Gasteiger partial charge in [-0.25, -0.2) is 0 Å².